The number of benzene rings is 3. The number of rotatable bonds is 9. The van der Waals surface area contributed by atoms with Gasteiger partial charge in [-0.3, -0.25) is 14.5 Å². The first kappa shape index (κ1) is 23.1. The van der Waals surface area contributed by atoms with Crippen LogP contribution in [-0.2, 0) is 17.8 Å². The Labute approximate surface area is 203 Å². The van der Waals surface area contributed by atoms with Gasteiger partial charge in [-0.2, -0.15) is 0 Å². The monoisotopic (exact) mass is 467 g/mol. The summed E-state index contributed by atoms with van der Waals surface area (Å²) in [6.07, 6.45) is 1.96. The van der Waals surface area contributed by atoms with Crippen molar-refractivity contribution in [1.82, 2.24) is 10.3 Å². The van der Waals surface area contributed by atoms with Gasteiger partial charge in [0.25, 0.3) is 5.91 Å². The molecule has 6 heteroatoms. The zero-order valence-corrected chi connectivity index (χ0v) is 19.5. The zero-order valence-electron chi connectivity index (χ0n) is 18.7. The molecule has 0 spiro atoms. The normalized spacial score (nSPS) is 10.5. The van der Waals surface area contributed by atoms with Gasteiger partial charge in [-0.25, -0.2) is 4.98 Å². The highest BCUT2D eigenvalue weighted by molar-refractivity contribution is 7.14. The summed E-state index contributed by atoms with van der Waals surface area (Å²) in [5.74, 6) is -0.336. The molecule has 1 N–H and O–H groups in total. The van der Waals surface area contributed by atoms with E-state index in [1.54, 1.807) is 17.0 Å². The SMILES string of the molecule is C=CC(=O)NCc1ccc(C(=O)N(CCc2ccccc2)c2nc(-c3ccccc3)cs2)cc1. The lowest BCUT2D eigenvalue weighted by Crippen LogP contribution is -2.33. The molecular weight excluding hydrogens is 442 g/mol. The molecule has 0 aliphatic rings. The van der Waals surface area contributed by atoms with E-state index in [9.17, 15) is 9.59 Å². The first-order chi connectivity index (χ1) is 16.6. The first-order valence-electron chi connectivity index (χ1n) is 11.0. The van der Waals surface area contributed by atoms with E-state index in [0.717, 1.165) is 28.8 Å². The van der Waals surface area contributed by atoms with Gasteiger partial charge in [0, 0.05) is 29.6 Å². The number of thiazole rings is 1. The summed E-state index contributed by atoms with van der Waals surface area (Å²) < 4.78 is 0. The van der Waals surface area contributed by atoms with Gasteiger partial charge in [-0.15, -0.1) is 11.3 Å². The Bertz CT molecular complexity index is 1250. The molecule has 5 nitrogen and oxygen atoms in total. The third-order valence-electron chi connectivity index (χ3n) is 5.36. The zero-order chi connectivity index (χ0) is 23.8. The lowest BCUT2D eigenvalue weighted by atomic mass is 10.1. The van der Waals surface area contributed by atoms with Crippen molar-refractivity contribution < 1.29 is 9.59 Å². The van der Waals surface area contributed by atoms with E-state index in [4.69, 9.17) is 4.98 Å². The Balaban J connectivity index is 1.56. The second-order valence-corrected chi connectivity index (χ2v) is 8.53. The van der Waals surface area contributed by atoms with Gasteiger partial charge in [0.2, 0.25) is 5.91 Å². The summed E-state index contributed by atoms with van der Waals surface area (Å²) in [6, 6.07) is 27.3. The van der Waals surface area contributed by atoms with Crippen molar-refractivity contribution in [2.24, 2.45) is 0 Å². The number of nitrogens with zero attached hydrogens (tertiary/aromatic N) is 2. The van der Waals surface area contributed by atoms with E-state index in [-0.39, 0.29) is 11.8 Å². The number of carbonyl (C=O) groups is 2. The molecule has 4 aromatic rings. The van der Waals surface area contributed by atoms with Crippen LogP contribution in [0.5, 0.6) is 0 Å². The second kappa shape index (κ2) is 11.2. The number of nitrogens with one attached hydrogen (secondary N) is 1. The Morgan fingerprint density at radius 1 is 0.912 bits per heavy atom. The van der Waals surface area contributed by atoms with Crippen molar-refractivity contribution in [2.45, 2.75) is 13.0 Å². The largest absolute Gasteiger partial charge is 0.348 e. The van der Waals surface area contributed by atoms with E-state index in [2.05, 4.69) is 24.0 Å². The highest BCUT2D eigenvalue weighted by Crippen LogP contribution is 2.28. The summed E-state index contributed by atoms with van der Waals surface area (Å²) in [7, 11) is 0. The van der Waals surface area contributed by atoms with Crippen molar-refractivity contribution in [3.05, 3.63) is 120 Å². The summed E-state index contributed by atoms with van der Waals surface area (Å²) in [5, 5.41) is 5.40. The van der Waals surface area contributed by atoms with Gasteiger partial charge in [-0.1, -0.05) is 79.4 Å². The molecule has 0 saturated carbocycles. The highest BCUT2D eigenvalue weighted by Gasteiger charge is 2.21. The molecule has 0 bridgehead atoms. The average Bonchev–Trinajstić information content (AvgIpc) is 3.39. The molecule has 3 aromatic carbocycles. The van der Waals surface area contributed by atoms with E-state index in [0.29, 0.717) is 23.8 Å². The topological polar surface area (TPSA) is 62.3 Å². The smallest absolute Gasteiger partial charge is 0.260 e. The minimum atomic E-state index is -0.231. The maximum Gasteiger partial charge on any atom is 0.260 e. The van der Waals surface area contributed by atoms with Crippen LogP contribution in [0.25, 0.3) is 11.3 Å². The van der Waals surface area contributed by atoms with Crippen LogP contribution in [0.3, 0.4) is 0 Å². The van der Waals surface area contributed by atoms with Crippen molar-refractivity contribution in [1.29, 1.82) is 0 Å². The maximum absolute atomic E-state index is 13.5. The molecule has 1 heterocycles. The van der Waals surface area contributed by atoms with Crippen LogP contribution in [-0.4, -0.2) is 23.3 Å². The molecule has 4 rings (SSSR count). The first-order valence-corrected chi connectivity index (χ1v) is 11.9. The number of anilines is 1. The lowest BCUT2D eigenvalue weighted by molar-refractivity contribution is -0.116. The summed E-state index contributed by atoms with van der Waals surface area (Å²) >= 11 is 1.46. The standard InChI is InChI=1S/C28H25N3O2S/c1-2-26(32)29-19-22-13-15-24(16-14-22)27(33)31(18-17-21-9-5-3-6-10-21)28-30-25(20-34-28)23-11-7-4-8-12-23/h2-16,20H,1,17-19H2,(H,29,32). The molecule has 0 unspecified atom stereocenters. The van der Waals surface area contributed by atoms with Crippen molar-refractivity contribution in [2.75, 3.05) is 11.4 Å². The molecule has 170 valence electrons. The van der Waals surface area contributed by atoms with Gasteiger partial charge < -0.3 is 5.32 Å². The van der Waals surface area contributed by atoms with Gasteiger partial charge in [-0.05, 0) is 35.8 Å². The number of carbonyl (C=O) groups excluding carboxylic acids is 2. The molecule has 0 fully saturated rings. The Morgan fingerprint density at radius 2 is 1.59 bits per heavy atom. The predicted octanol–water partition coefficient (Wildman–Crippen LogP) is 5.50. The van der Waals surface area contributed by atoms with Crippen LogP contribution in [0.2, 0.25) is 0 Å². The van der Waals surface area contributed by atoms with Gasteiger partial charge >= 0.3 is 0 Å². The third kappa shape index (κ3) is 5.85. The summed E-state index contributed by atoms with van der Waals surface area (Å²) in [5.41, 5.74) is 4.51. The Kier molecular flexibility index (Phi) is 7.63. The fraction of sp³-hybridized carbons (Fsp3) is 0.107. The second-order valence-electron chi connectivity index (χ2n) is 7.69. The van der Waals surface area contributed by atoms with Crippen LogP contribution >= 0.6 is 11.3 Å². The minimum absolute atomic E-state index is 0.105. The molecule has 1 aromatic heterocycles. The van der Waals surface area contributed by atoms with Crippen molar-refractivity contribution >= 4 is 28.3 Å². The van der Waals surface area contributed by atoms with Crippen LogP contribution in [0.1, 0.15) is 21.5 Å². The summed E-state index contributed by atoms with van der Waals surface area (Å²) in [4.78, 5) is 31.5. The Hall–Kier alpha value is -4.03. The van der Waals surface area contributed by atoms with Crippen LogP contribution in [0.15, 0.2) is 103 Å². The fourth-order valence-electron chi connectivity index (χ4n) is 3.48. The highest BCUT2D eigenvalue weighted by atomic mass is 32.1. The van der Waals surface area contributed by atoms with Gasteiger partial charge in [0.05, 0.1) is 5.69 Å². The molecule has 34 heavy (non-hydrogen) atoms. The van der Waals surface area contributed by atoms with Crippen LogP contribution in [0.4, 0.5) is 5.13 Å². The third-order valence-corrected chi connectivity index (χ3v) is 6.22. The quantitative estimate of drug-likeness (QED) is 0.331. The van der Waals surface area contributed by atoms with Crippen molar-refractivity contribution in [3.63, 3.8) is 0 Å². The molecule has 0 saturated heterocycles. The van der Waals surface area contributed by atoms with Gasteiger partial charge in [0.15, 0.2) is 5.13 Å². The van der Waals surface area contributed by atoms with Crippen LogP contribution in [0, 0.1) is 0 Å². The number of aromatic nitrogens is 1. The molecule has 0 aliphatic carbocycles. The van der Waals surface area contributed by atoms with E-state index in [1.807, 2.05) is 66.0 Å². The maximum atomic E-state index is 13.5. The average molecular weight is 468 g/mol. The number of amides is 2. The number of hydrogen-bond acceptors (Lipinski definition) is 4. The molecule has 0 aliphatic heterocycles. The van der Waals surface area contributed by atoms with E-state index < -0.39 is 0 Å². The fourth-order valence-corrected chi connectivity index (χ4v) is 4.34. The van der Waals surface area contributed by atoms with Crippen molar-refractivity contribution in [3.8, 4) is 11.3 Å². The number of hydrogen-bond donors (Lipinski definition) is 1. The molecule has 0 radical (unpaired) electrons. The van der Waals surface area contributed by atoms with E-state index in [1.165, 1.54) is 17.4 Å². The minimum Gasteiger partial charge on any atom is -0.348 e. The molecule has 0 atom stereocenters. The van der Waals surface area contributed by atoms with Gasteiger partial charge in [0.1, 0.15) is 0 Å². The molecule has 2 amide bonds. The lowest BCUT2D eigenvalue weighted by Gasteiger charge is -2.20. The predicted molar refractivity (Wildman–Crippen MR) is 138 cm³/mol. The molecular formula is C28H25N3O2S. The Morgan fingerprint density at radius 3 is 2.26 bits per heavy atom. The summed E-state index contributed by atoms with van der Waals surface area (Å²) in [6.45, 7) is 4.35. The van der Waals surface area contributed by atoms with Crippen LogP contribution < -0.4 is 10.2 Å². The van der Waals surface area contributed by atoms with E-state index >= 15 is 0 Å².